The van der Waals surface area contributed by atoms with Crippen molar-refractivity contribution in [2.45, 2.75) is 39.7 Å². The largest absolute Gasteiger partial charge is 0.466 e. The fraction of sp³-hybridized carbons (Fsp3) is 0.500. The molecule has 1 heterocycles. The maximum atomic E-state index is 8.88. The Kier molecular flexibility index (Phi) is 14.7. The molecular formula is C18H32BrN3O8P2. The molecule has 0 saturated heterocycles. The van der Waals surface area contributed by atoms with Crippen molar-refractivity contribution in [2.75, 3.05) is 25.0 Å². The predicted octanol–water partition coefficient (Wildman–Crippen LogP) is 3.06. The summed E-state index contributed by atoms with van der Waals surface area (Å²) >= 11 is 3.50. The Morgan fingerprint density at radius 2 is 1.56 bits per heavy atom. The number of hydrogen-bond donors (Lipinski definition) is 7. The lowest BCUT2D eigenvalue weighted by Gasteiger charge is -2.20. The molecule has 0 spiro atoms. The molecule has 0 bridgehead atoms. The van der Waals surface area contributed by atoms with Crippen molar-refractivity contribution >= 4 is 48.2 Å². The summed E-state index contributed by atoms with van der Waals surface area (Å²) in [5, 5.41) is 4.82. The van der Waals surface area contributed by atoms with Crippen LogP contribution in [0.3, 0.4) is 0 Å². The third-order valence-corrected chi connectivity index (χ3v) is 4.61. The van der Waals surface area contributed by atoms with Crippen molar-refractivity contribution < 1.29 is 38.5 Å². The minimum Gasteiger partial charge on any atom is -0.382 e. The van der Waals surface area contributed by atoms with Crippen LogP contribution in [0.4, 0.5) is 5.69 Å². The first-order valence-corrected chi connectivity index (χ1v) is 13.7. The first-order chi connectivity index (χ1) is 14.6. The fourth-order valence-electron chi connectivity index (χ4n) is 2.75. The molecule has 7 N–H and O–H groups in total. The van der Waals surface area contributed by atoms with Crippen LogP contribution in [0.1, 0.15) is 33.6 Å². The van der Waals surface area contributed by atoms with Crippen molar-refractivity contribution in [3.05, 3.63) is 34.9 Å². The molecule has 0 saturated carbocycles. The average molecular weight is 560 g/mol. The van der Waals surface area contributed by atoms with E-state index in [2.05, 4.69) is 76.2 Å². The highest BCUT2D eigenvalue weighted by atomic mass is 79.9. The normalized spacial score (nSPS) is 12.5. The van der Waals surface area contributed by atoms with Crippen molar-refractivity contribution in [1.29, 1.82) is 0 Å². The number of anilines is 1. The molecule has 0 aliphatic carbocycles. The molecule has 0 radical (unpaired) electrons. The number of nitrogens with one attached hydrogen (secondary N) is 1. The van der Waals surface area contributed by atoms with E-state index in [9.17, 15) is 0 Å². The van der Waals surface area contributed by atoms with Gasteiger partial charge in [-0.05, 0) is 63.7 Å². The van der Waals surface area contributed by atoms with Crippen LogP contribution in [0.5, 0.6) is 0 Å². The van der Waals surface area contributed by atoms with E-state index in [4.69, 9.17) is 38.5 Å². The summed E-state index contributed by atoms with van der Waals surface area (Å²) in [6.07, 6.45) is 4.28. The molecule has 0 amide bonds. The van der Waals surface area contributed by atoms with Crippen molar-refractivity contribution in [1.82, 2.24) is 9.88 Å². The van der Waals surface area contributed by atoms with Crippen LogP contribution in [-0.4, -0.2) is 64.9 Å². The lowest BCUT2D eigenvalue weighted by Crippen LogP contribution is -2.25. The topological polar surface area (TPSA) is 184 Å². The van der Waals surface area contributed by atoms with E-state index in [1.54, 1.807) is 0 Å². The Morgan fingerprint density at radius 1 is 1.03 bits per heavy atom. The zero-order valence-corrected chi connectivity index (χ0v) is 21.5. The molecule has 184 valence electrons. The molecule has 1 aromatic carbocycles. The number of aromatic nitrogens is 1. The molecule has 2 aromatic rings. The molecule has 11 nitrogen and oxygen atoms in total. The molecule has 0 fully saturated rings. The van der Waals surface area contributed by atoms with Crippen molar-refractivity contribution in [2.24, 2.45) is 0 Å². The van der Waals surface area contributed by atoms with Crippen LogP contribution in [-0.2, 0) is 9.13 Å². The van der Waals surface area contributed by atoms with Gasteiger partial charge in [0.05, 0.1) is 5.52 Å². The van der Waals surface area contributed by atoms with E-state index >= 15 is 0 Å². The van der Waals surface area contributed by atoms with Gasteiger partial charge in [-0.3, -0.25) is 4.98 Å². The zero-order valence-electron chi connectivity index (χ0n) is 18.2. The standard InChI is InChI=1S/C18H26BrN3.2H3O4P/c1-4-22(5-2)12-6-7-14(3)21-17-10-11-20-18-13-15(19)8-9-16(17)18;2*1-5(2,3)4/h8-11,13-14H,4-7,12H2,1-3H3,(H,20,21);2*(H3,1,2,3,4). The number of fused-ring (bicyclic) bond motifs is 1. The van der Waals surface area contributed by atoms with Crippen LogP contribution in [0, 0.1) is 0 Å². The molecule has 1 aromatic heterocycles. The highest BCUT2D eigenvalue weighted by Crippen LogP contribution is 2.27. The van der Waals surface area contributed by atoms with Crippen molar-refractivity contribution in [3.63, 3.8) is 0 Å². The minimum absolute atomic E-state index is 0.463. The molecule has 14 heteroatoms. The maximum Gasteiger partial charge on any atom is 0.466 e. The summed E-state index contributed by atoms with van der Waals surface area (Å²) in [7, 11) is -9.28. The van der Waals surface area contributed by atoms with Gasteiger partial charge in [0.15, 0.2) is 0 Å². The zero-order chi connectivity index (χ0) is 24.9. The van der Waals surface area contributed by atoms with Gasteiger partial charge >= 0.3 is 15.6 Å². The summed E-state index contributed by atoms with van der Waals surface area (Å²) in [4.78, 5) is 50.0. The first kappa shape index (κ1) is 31.1. The highest BCUT2D eigenvalue weighted by molar-refractivity contribution is 9.10. The Bertz CT molecular complexity index is 868. The number of halogens is 1. The van der Waals surface area contributed by atoms with Gasteiger partial charge in [-0.2, -0.15) is 0 Å². The second-order valence-corrected chi connectivity index (χ2v) is 9.73. The Balaban J connectivity index is 0.000000805. The van der Waals surface area contributed by atoms with Gasteiger partial charge in [0.2, 0.25) is 0 Å². The Morgan fingerprint density at radius 3 is 2.06 bits per heavy atom. The van der Waals surface area contributed by atoms with E-state index in [1.807, 2.05) is 6.20 Å². The number of nitrogens with zero attached hydrogens (tertiary/aromatic N) is 2. The third-order valence-electron chi connectivity index (χ3n) is 4.11. The molecular weight excluding hydrogens is 528 g/mol. The summed E-state index contributed by atoms with van der Waals surface area (Å²) in [6, 6.07) is 8.78. The van der Waals surface area contributed by atoms with Gasteiger partial charge in [0.1, 0.15) is 0 Å². The van der Waals surface area contributed by atoms with E-state index < -0.39 is 15.6 Å². The summed E-state index contributed by atoms with van der Waals surface area (Å²) in [5.74, 6) is 0. The number of phosphoric acid groups is 2. The molecule has 0 aliphatic heterocycles. The second-order valence-electron chi connectivity index (χ2n) is 6.76. The van der Waals surface area contributed by atoms with Crippen LogP contribution in [0.25, 0.3) is 10.9 Å². The highest BCUT2D eigenvalue weighted by Gasteiger charge is 2.07. The fourth-order valence-corrected chi connectivity index (χ4v) is 3.09. The van der Waals surface area contributed by atoms with Gasteiger partial charge in [0.25, 0.3) is 0 Å². The number of benzene rings is 1. The number of hydrogen-bond acceptors (Lipinski definition) is 5. The van der Waals surface area contributed by atoms with Crippen LogP contribution >= 0.6 is 31.6 Å². The van der Waals surface area contributed by atoms with Gasteiger partial charge in [-0.1, -0.05) is 29.8 Å². The first-order valence-electron chi connectivity index (χ1n) is 9.73. The van der Waals surface area contributed by atoms with Crippen LogP contribution in [0.15, 0.2) is 34.9 Å². The summed E-state index contributed by atoms with van der Waals surface area (Å²) in [5.41, 5.74) is 2.20. The van der Waals surface area contributed by atoms with E-state index in [0.717, 1.165) is 23.1 Å². The van der Waals surface area contributed by atoms with Crippen LogP contribution in [0.2, 0.25) is 0 Å². The van der Waals surface area contributed by atoms with E-state index in [-0.39, 0.29) is 0 Å². The maximum absolute atomic E-state index is 8.88. The summed E-state index contributed by atoms with van der Waals surface area (Å²) in [6.45, 7) is 10.2. The SMILES string of the molecule is CCN(CC)CCCC(C)Nc1ccnc2cc(Br)ccc12.O=P(O)(O)O.O=P(O)(O)O. The van der Waals surface area contributed by atoms with E-state index in [0.29, 0.717) is 6.04 Å². The lowest BCUT2D eigenvalue weighted by molar-refractivity contribution is 0.272. The van der Waals surface area contributed by atoms with Gasteiger partial charge in [-0.25, -0.2) is 9.13 Å². The van der Waals surface area contributed by atoms with Gasteiger partial charge in [-0.15, -0.1) is 0 Å². The average Bonchev–Trinajstić information content (AvgIpc) is 2.62. The Hall–Kier alpha value is -0.910. The molecule has 2 rings (SSSR count). The van der Waals surface area contributed by atoms with Gasteiger partial charge in [0, 0.05) is 27.8 Å². The molecule has 0 aliphatic rings. The lowest BCUT2D eigenvalue weighted by atomic mass is 10.1. The molecule has 32 heavy (non-hydrogen) atoms. The smallest absolute Gasteiger partial charge is 0.382 e. The predicted molar refractivity (Wildman–Crippen MR) is 128 cm³/mol. The van der Waals surface area contributed by atoms with Crippen molar-refractivity contribution in [3.8, 4) is 0 Å². The van der Waals surface area contributed by atoms with Crippen LogP contribution < -0.4 is 5.32 Å². The minimum atomic E-state index is -4.64. The quantitative estimate of drug-likeness (QED) is 0.236. The van der Waals surface area contributed by atoms with Gasteiger partial charge < -0.3 is 39.6 Å². The third kappa shape index (κ3) is 17.6. The monoisotopic (exact) mass is 559 g/mol. The number of pyridine rings is 1. The molecule has 1 atom stereocenters. The van der Waals surface area contributed by atoms with E-state index in [1.165, 1.54) is 30.5 Å². The number of rotatable bonds is 8. The Labute approximate surface area is 196 Å². The second kappa shape index (κ2) is 15.1. The summed E-state index contributed by atoms with van der Waals surface area (Å²) < 4.78 is 18.8. The molecule has 1 unspecified atom stereocenters.